The molecule has 2 rings (SSSR count). The summed E-state index contributed by atoms with van der Waals surface area (Å²) in [6.07, 6.45) is -2.96. The SMILES string of the molecule is CCOC(=O)C1(c2cc(C(F)(F)F)on2)CCC1. The number of carbonyl (C=O) groups is 1. The summed E-state index contributed by atoms with van der Waals surface area (Å²) in [6.45, 7) is 1.83. The molecule has 1 saturated carbocycles. The van der Waals surface area contributed by atoms with E-state index in [-0.39, 0.29) is 12.3 Å². The Balaban J connectivity index is 2.28. The van der Waals surface area contributed by atoms with Gasteiger partial charge in [-0.05, 0) is 19.8 Å². The van der Waals surface area contributed by atoms with Crippen LogP contribution < -0.4 is 0 Å². The van der Waals surface area contributed by atoms with E-state index in [1.165, 1.54) is 0 Å². The summed E-state index contributed by atoms with van der Waals surface area (Å²) in [5.41, 5.74) is -1.04. The van der Waals surface area contributed by atoms with Crippen molar-refractivity contribution in [3.05, 3.63) is 17.5 Å². The quantitative estimate of drug-likeness (QED) is 0.787. The summed E-state index contributed by atoms with van der Waals surface area (Å²) in [7, 11) is 0. The minimum absolute atomic E-state index is 0.0134. The van der Waals surface area contributed by atoms with Crippen LogP contribution in [0.5, 0.6) is 0 Å². The molecule has 7 heteroatoms. The zero-order valence-corrected chi connectivity index (χ0v) is 9.71. The Morgan fingerprint density at radius 3 is 2.61 bits per heavy atom. The lowest BCUT2D eigenvalue weighted by Crippen LogP contribution is -2.44. The van der Waals surface area contributed by atoms with Gasteiger partial charge < -0.3 is 9.26 Å². The summed E-state index contributed by atoms with van der Waals surface area (Å²) in [6, 6.07) is 0.788. The molecule has 0 unspecified atom stereocenters. The van der Waals surface area contributed by atoms with E-state index < -0.39 is 23.3 Å². The molecule has 0 radical (unpaired) electrons. The maximum atomic E-state index is 12.4. The highest BCUT2D eigenvalue weighted by Crippen LogP contribution is 2.45. The van der Waals surface area contributed by atoms with Crippen molar-refractivity contribution in [1.82, 2.24) is 5.16 Å². The first-order valence-corrected chi connectivity index (χ1v) is 5.62. The molecule has 0 aliphatic heterocycles. The smallest absolute Gasteiger partial charge is 0.452 e. The topological polar surface area (TPSA) is 52.3 Å². The molecule has 0 spiro atoms. The molecule has 1 heterocycles. The molecule has 4 nitrogen and oxygen atoms in total. The van der Waals surface area contributed by atoms with Crippen LogP contribution in [0.1, 0.15) is 37.6 Å². The number of nitrogens with zero attached hydrogens (tertiary/aromatic N) is 1. The van der Waals surface area contributed by atoms with Crippen molar-refractivity contribution in [2.24, 2.45) is 0 Å². The Bertz CT molecular complexity index is 449. The average Bonchev–Trinajstić information content (AvgIpc) is 2.65. The van der Waals surface area contributed by atoms with Gasteiger partial charge in [0.2, 0.25) is 5.76 Å². The molecule has 1 aromatic rings. The minimum Gasteiger partial charge on any atom is -0.465 e. The number of ether oxygens (including phenoxy) is 1. The van der Waals surface area contributed by atoms with E-state index in [1.807, 2.05) is 0 Å². The fourth-order valence-electron chi connectivity index (χ4n) is 2.00. The fourth-order valence-corrected chi connectivity index (χ4v) is 2.00. The summed E-state index contributed by atoms with van der Waals surface area (Å²) in [5, 5.41) is 3.38. The summed E-state index contributed by atoms with van der Waals surface area (Å²) < 4.78 is 46.4. The third-order valence-electron chi connectivity index (χ3n) is 3.15. The lowest BCUT2D eigenvalue weighted by Gasteiger charge is -2.37. The van der Waals surface area contributed by atoms with Crippen molar-refractivity contribution >= 4 is 5.97 Å². The van der Waals surface area contributed by atoms with Gasteiger partial charge in [-0.1, -0.05) is 11.6 Å². The van der Waals surface area contributed by atoms with Gasteiger partial charge in [0.25, 0.3) is 0 Å². The molecular formula is C11H12F3NO3. The first-order chi connectivity index (χ1) is 8.40. The monoisotopic (exact) mass is 263 g/mol. The summed E-state index contributed by atoms with van der Waals surface area (Å²) >= 11 is 0. The lowest BCUT2D eigenvalue weighted by molar-refractivity contribution is -0.155. The van der Waals surface area contributed by atoms with Crippen LogP contribution in [0.4, 0.5) is 13.2 Å². The van der Waals surface area contributed by atoms with Crippen LogP contribution >= 0.6 is 0 Å². The van der Waals surface area contributed by atoms with Crippen LogP contribution in [0.15, 0.2) is 10.6 Å². The van der Waals surface area contributed by atoms with Crippen LogP contribution in [0.3, 0.4) is 0 Å². The standard InChI is InChI=1S/C11H12F3NO3/c1-2-17-9(16)10(4-3-5-10)7-6-8(18-15-7)11(12,13)14/h6H,2-5H2,1H3. The Kier molecular flexibility index (Phi) is 3.08. The number of hydrogen-bond acceptors (Lipinski definition) is 4. The second-order valence-corrected chi connectivity index (χ2v) is 4.23. The Morgan fingerprint density at radius 1 is 1.56 bits per heavy atom. The number of carbonyl (C=O) groups excluding carboxylic acids is 1. The van der Waals surface area contributed by atoms with E-state index in [1.54, 1.807) is 6.92 Å². The molecule has 100 valence electrons. The van der Waals surface area contributed by atoms with Gasteiger partial charge in [-0.3, -0.25) is 4.79 Å². The molecule has 0 atom stereocenters. The van der Waals surface area contributed by atoms with E-state index in [0.717, 1.165) is 12.5 Å². The first-order valence-electron chi connectivity index (χ1n) is 5.62. The predicted octanol–water partition coefficient (Wildman–Crippen LogP) is 2.68. The van der Waals surface area contributed by atoms with Crippen molar-refractivity contribution in [2.45, 2.75) is 37.8 Å². The van der Waals surface area contributed by atoms with Crippen molar-refractivity contribution in [3.8, 4) is 0 Å². The van der Waals surface area contributed by atoms with Gasteiger partial charge in [0.15, 0.2) is 0 Å². The zero-order chi connectivity index (χ0) is 13.4. The largest absolute Gasteiger partial charge is 0.465 e. The number of alkyl halides is 3. The molecule has 1 aliphatic rings. The summed E-state index contributed by atoms with van der Waals surface area (Å²) in [5.74, 6) is -1.72. The highest BCUT2D eigenvalue weighted by molar-refractivity contribution is 5.83. The Morgan fingerprint density at radius 2 is 2.22 bits per heavy atom. The molecule has 1 fully saturated rings. The number of rotatable bonds is 3. The van der Waals surface area contributed by atoms with Gasteiger partial charge in [0.05, 0.1) is 6.61 Å². The van der Waals surface area contributed by atoms with Gasteiger partial charge in [0, 0.05) is 6.07 Å². The first kappa shape index (κ1) is 12.9. The van der Waals surface area contributed by atoms with Crippen LogP contribution in [0.2, 0.25) is 0 Å². The highest BCUT2D eigenvalue weighted by Gasteiger charge is 2.51. The van der Waals surface area contributed by atoms with Gasteiger partial charge in [0.1, 0.15) is 11.1 Å². The van der Waals surface area contributed by atoms with Crippen LogP contribution in [0.25, 0.3) is 0 Å². The molecule has 0 amide bonds. The third kappa shape index (κ3) is 1.97. The Hall–Kier alpha value is -1.53. The minimum atomic E-state index is -4.59. The molecule has 1 aromatic heterocycles. The van der Waals surface area contributed by atoms with Gasteiger partial charge in [-0.15, -0.1) is 0 Å². The maximum absolute atomic E-state index is 12.4. The Labute approximate surface area is 101 Å². The number of esters is 1. The molecule has 0 N–H and O–H groups in total. The normalized spacial score (nSPS) is 18.2. The van der Waals surface area contributed by atoms with Gasteiger partial charge >= 0.3 is 12.1 Å². The van der Waals surface area contributed by atoms with Crippen LogP contribution in [-0.2, 0) is 21.1 Å². The van der Waals surface area contributed by atoms with E-state index in [0.29, 0.717) is 12.8 Å². The number of halogens is 3. The van der Waals surface area contributed by atoms with Crippen molar-refractivity contribution in [1.29, 1.82) is 0 Å². The second-order valence-electron chi connectivity index (χ2n) is 4.23. The van der Waals surface area contributed by atoms with Gasteiger partial charge in [-0.25, -0.2) is 0 Å². The van der Waals surface area contributed by atoms with E-state index in [9.17, 15) is 18.0 Å². The summed E-state index contributed by atoms with van der Waals surface area (Å²) in [4.78, 5) is 11.8. The maximum Gasteiger partial charge on any atom is 0.452 e. The number of hydrogen-bond donors (Lipinski definition) is 0. The highest BCUT2D eigenvalue weighted by atomic mass is 19.4. The number of aromatic nitrogens is 1. The van der Waals surface area contributed by atoms with Crippen LogP contribution in [0, 0.1) is 0 Å². The van der Waals surface area contributed by atoms with E-state index >= 15 is 0 Å². The predicted molar refractivity (Wildman–Crippen MR) is 53.7 cm³/mol. The van der Waals surface area contributed by atoms with Crippen molar-refractivity contribution in [3.63, 3.8) is 0 Å². The van der Waals surface area contributed by atoms with Crippen molar-refractivity contribution < 1.29 is 27.2 Å². The molecule has 1 aliphatic carbocycles. The second kappa shape index (κ2) is 4.29. The fraction of sp³-hybridized carbons (Fsp3) is 0.636. The van der Waals surface area contributed by atoms with E-state index in [2.05, 4.69) is 9.68 Å². The zero-order valence-electron chi connectivity index (χ0n) is 9.71. The lowest BCUT2D eigenvalue weighted by atomic mass is 9.66. The third-order valence-corrected chi connectivity index (χ3v) is 3.15. The molecular weight excluding hydrogens is 251 g/mol. The average molecular weight is 263 g/mol. The van der Waals surface area contributed by atoms with Crippen LogP contribution in [-0.4, -0.2) is 17.7 Å². The van der Waals surface area contributed by atoms with Crippen molar-refractivity contribution in [2.75, 3.05) is 6.61 Å². The van der Waals surface area contributed by atoms with Gasteiger partial charge in [-0.2, -0.15) is 13.2 Å². The molecule has 0 bridgehead atoms. The molecule has 0 saturated heterocycles. The molecule has 18 heavy (non-hydrogen) atoms. The van der Waals surface area contributed by atoms with E-state index in [4.69, 9.17) is 4.74 Å². The molecule has 0 aromatic carbocycles.